The zero-order chi connectivity index (χ0) is 19.1. The van der Waals surface area contributed by atoms with Crippen molar-refractivity contribution in [3.63, 3.8) is 0 Å². The second kappa shape index (κ2) is 9.51. The number of carbonyl (C=O) groups is 1. The molecule has 1 heterocycles. The van der Waals surface area contributed by atoms with Crippen molar-refractivity contribution in [1.29, 1.82) is 0 Å². The number of nitrogens with zero attached hydrogens (tertiary/aromatic N) is 1. The first-order valence-electron chi connectivity index (χ1n) is 9.54. The first-order valence-corrected chi connectivity index (χ1v) is 9.54. The largest absolute Gasteiger partial charge is 0.493 e. The van der Waals surface area contributed by atoms with E-state index in [1.807, 2.05) is 18.2 Å². The molecule has 0 radical (unpaired) electrons. The zero-order valence-electron chi connectivity index (χ0n) is 15.8. The van der Waals surface area contributed by atoms with E-state index in [-0.39, 0.29) is 11.7 Å². The zero-order valence-corrected chi connectivity index (χ0v) is 15.8. The van der Waals surface area contributed by atoms with Crippen LogP contribution in [-0.2, 0) is 17.8 Å². The van der Waals surface area contributed by atoms with Gasteiger partial charge in [-0.3, -0.25) is 9.69 Å². The summed E-state index contributed by atoms with van der Waals surface area (Å²) in [4.78, 5) is 13.5. The minimum Gasteiger partial charge on any atom is -0.493 e. The number of hydrogen-bond donors (Lipinski definition) is 1. The van der Waals surface area contributed by atoms with Gasteiger partial charge in [0.1, 0.15) is 11.6 Å². The molecule has 4 nitrogen and oxygen atoms in total. The summed E-state index contributed by atoms with van der Waals surface area (Å²) < 4.78 is 18.9. The predicted molar refractivity (Wildman–Crippen MR) is 104 cm³/mol. The third-order valence-corrected chi connectivity index (χ3v) is 4.87. The van der Waals surface area contributed by atoms with Crippen LogP contribution in [-0.4, -0.2) is 36.5 Å². The van der Waals surface area contributed by atoms with Gasteiger partial charge in [-0.1, -0.05) is 24.3 Å². The van der Waals surface area contributed by atoms with Crippen LogP contribution in [0.5, 0.6) is 5.75 Å². The molecule has 0 unspecified atom stereocenters. The van der Waals surface area contributed by atoms with E-state index >= 15 is 0 Å². The highest BCUT2D eigenvalue weighted by Gasteiger charge is 2.19. The van der Waals surface area contributed by atoms with Crippen molar-refractivity contribution in [3.8, 4) is 5.75 Å². The normalized spacial score (nSPS) is 15.5. The number of amides is 1. The number of benzene rings is 2. The van der Waals surface area contributed by atoms with Crippen LogP contribution in [0.15, 0.2) is 48.5 Å². The van der Waals surface area contributed by atoms with Gasteiger partial charge in [0.05, 0.1) is 6.61 Å². The Kier molecular flexibility index (Phi) is 6.82. The second-order valence-corrected chi connectivity index (χ2v) is 7.12. The molecule has 1 fully saturated rings. The van der Waals surface area contributed by atoms with Crippen LogP contribution in [0.1, 0.15) is 30.9 Å². The second-order valence-electron chi connectivity index (χ2n) is 7.12. The summed E-state index contributed by atoms with van der Waals surface area (Å²) in [5, 5.41) is 3.01. The summed E-state index contributed by atoms with van der Waals surface area (Å²) in [5.74, 6) is 0.680. The first-order chi connectivity index (χ1) is 13.1. The van der Waals surface area contributed by atoms with Crippen LogP contribution in [0.25, 0.3) is 0 Å². The highest BCUT2D eigenvalue weighted by Crippen LogP contribution is 2.17. The molecule has 0 saturated carbocycles. The van der Waals surface area contributed by atoms with Gasteiger partial charge in [0, 0.05) is 39.0 Å². The molecular formula is C22H27FN2O2. The van der Waals surface area contributed by atoms with Crippen molar-refractivity contribution in [2.75, 3.05) is 19.7 Å². The molecule has 1 aliphatic rings. The van der Waals surface area contributed by atoms with E-state index in [4.69, 9.17) is 4.74 Å². The maximum Gasteiger partial charge on any atom is 0.217 e. The molecule has 3 rings (SSSR count). The number of ether oxygens (including phenoxy) is 1. The Morgan fingerprint density at radius 2 is 1.89 bits per heavy atom. The van der Waals surface area contributed by atoms with Gasteiger partial charge in [-0.25, -0.2) is 4.39 Å². The Morgan fingerprint density at radius 1 is 1.15 bits per heavy atom. The van der Waals surface area contributed by atoms with E-state index in [1.54, 1.807) is 19.1 Å². The first kappa shape index (κ1) is 19.4. The molecule has 1 aliphatic heterocycles. The minimum atomic E-state index is -0.210. The lowest BCUT2D eigenvalue weighted by molar-refractivity contribution is -0.119. The molecule has 144 valence electrons. The van der Waals surface area contributed by atoms with E-state index in [1.165, 1.54) is 11.6 Å². The number of piperidine rings is 1. The highest BCUT2D eigenvalue weighted by atomic mass is 19.1. The Labute approximate surface area is 160 Å². The monoisotopic (exact) mass is 370 g/mol. The van der Waals surface area contributed by atoms with E-state index in [0.29, 0.717) is 19.1 Å². The predicted octanol–water partition coefficient (Wildman–Crippen LogP) is 3.55. The lowest BCUT2D eigenvalue weighted by Crippen LogP contribution is -2.43. The summed E-state index contributed by atoms with van der Waals surface area (Å²) in [6, 6.07) is 15.1. The van der Waals surface area contributed by atoms with E-state index < -0.39 is 0 Å². The number of carbonyl (C=O) groups excluding carboxylic acids is 1. The van der Waals surface area contributed by atoms with E-state index in [9.17, 15) is 9.18 Å². The van der Waals surface area contributed by atoms with Crippen molar-refractivity contribution in [2.24, 2.45) is 0 Å². The quantitative estimate of drug-likeness (QED) is 0.810. The fourth-order valence-electron chi connectivity index (χ4n) is 3.45. The summed E-state index contributed by atoms with van der Waals surface area (Å²) in [7, 11) is 0. The van der Waals surface area contributed by atoms with Crippen LogP contribution in [0.3, 0.4) is 0 Å². The van der Waals surface area contributed by atoms with Crippen LogP contribution in [0.2, 0.25) is 0 Å². The Hall–Kier alpha value is -2.40. The number of hydrogen-bond acceptors (Lipinski definition) is 3. The number of likely N-dealkylation sites (tertiary alicyclic amines) is 1. The summed E-state index contributed by atoms with van der Waals surface area (Å²) in [5.41, 5.74) is 2.19. The van der Waals surface area contributed by atoms with Crippen molar-refractivity contribution in [1.82, 2.24) is 10.2 Å². The molecule has 0 atom stereocenters. The number of halogens is 1. The molecule has 1 amide bonds. The summed E-state index contributed by atoms with van der Waals surface area (Å²) in [6.07, 6.45) is 2.68. The summed E-state index contributed by atoms with van der Waals surface area (Å²) in [6.45, 7) is 5.01. The molecule has 2 aromatic rings. The van der Waals surface area contributed by atoms with Crippen LogP contribution < -0.4 is 10.1 Å². The molecule has 5 heteroatoms. The van der Waals surface area contributed by atoms with Gasteiger partial charge in [-0.15, -0.1) is 0 Å². The molecule has 0 aliphatic carbocycles. The van der Waals surface area contributed by atoms with Crippen molar-refractivity contribution in [2.45, 2.75) is 38.8 Å². The lowest BCUT2D eigenvalue weighted by Gasteiger charge is -2.32. The molecule has 0 spiro atoms. The van der Waals surface area contributed by atoms with Gasteiger partial charge >= 0.3 is 0 Å². The average Bonchev–Trinajstić information content (AvgIpc) is 2.64. The smallest absolute Gasteiger partial charge is 0.217 e. The van der Waals surface area contributed by atoms with Gasteiger partial charge in [0.25, 0.3) is 0 Å². The molecule has 1 saturated heterocycles. The fraction of sp³-hybridized carbons (Fsp3) is 0.409. The van der Waals surface area contributed by atoms with Crippen molar-refractivity contribution < 1.29 is 13.9 Å². The SMILES string of the molecule is CC(=O)NC1CCN(Cc2ccc(OCCc3cccc(F)c3)cc2)CC1. The molecule has 2 aromatic carbocycles. The maximum absolute atomic E-state index is 13.2. The van der Waals surface area contributed by atoms with Gasteiger partial charge < -0.3 is 10.1 Å². The van der Waals surface area contributed by atoms with Gasteiger partial charge in [0.15, 0.2) is 0 Å². The van der Waals surface area contributed by atoms with Crippen LogP contribution in [0, 0.1) is 5.82 Å². The Bertz CT molecular complexity index is 740. The van der Waals surface area contributed by atoms with Crippen molar-refractivity contribution >= 4 is 5.91 Å². The molecule has 27 heavy (non-hydrogen) atoms. The lowest BCUT2D eigenvalue weighted by atomic mass is 10.0. The molecular weight excluding hydrogens is 343 g/mol. The van der Waals surface area contributed by atoms with Gasteiger partial charge in [-0.2, -0.15) is 0 Å². The highest BCUT2D eigenvalue weighted by molar-refractivity contribution is 5.73. The van der Waals surface area contributed by atoms with Crippen molar-refractivity contribution in [3.05, 3.63) is 65.5 Å². The topological polar surface area (TPSA) is 41.6 Å². The molecule has 0 aromatic heterocycles. The van der Waals surface area contributed by atoms with E-state index in [2.05, 4.69) is 22.3 Å². The third-order valence-electron chi connectivity index (χ3n) is 4.87. The standard InChI is InChI=1S/C22H27FN2O2/c1-17(26)24-21-9-12-25(13-10-21)16-19-5-7-22(8-6-19)27-14-11-18-3-2-4-20(23)15-18/h2-8,15,21H,9-14,16H2,1H3,(H,24,26). The molecule has 1 N–H and O–H groups in total. The van der Waals surface area contributed by atoms with Crippen LogP contribution in [0.4, 0.5) is 4.39 Å². The van der Waals surface area contributed by atoms with Gasteiger partial charge in [-0.05, 0) is 48.2 Å². The maximum atomic E-state index is 13.2. The number of rotatable bonds is 7. The average molecular weight is 370 g/mol. The van der Waals surface area contributed by atoms with Gasteiger partial charge in [0.2, 0.25) is 5.91 Å². The Morgan fingerprint density at radius 3 is 2.56 bits per heavy atom. The molecule has 0 bridgehead atoms. The van der Waals surface area contributed by atoms with E-state index in [0.717, 1.165) is 43.8 Å². The Balaban J connectivity index is 1.40. The minimum absolute atomic E-state index is 0.0569. The number of nitrogens with one attached hydrogen (secondary N) is 1. The van der Waals surface area contributed by atoms with Crippen LogP contribution >= 0.6 is 0 Å². The fourth-order valence-corrected chi connectivity index (χ4v) is 3.45. The third kappa shape index (κ3) is 6.36. The summed E-state index contributed by atoms with van der Waals surface area (Å²) >= 11 is 0.